The van der Waals surface area contributed by atoms with Crippen LogP contribution in [0, 0.1) is 0 Å². The monoisotopic (exact) mass is 272 g/mol. The van der Waals surface area contributed by atoms with Crippen molar-refractivity contribution in [3.05, 3.63) is 0 Å². The van der Waals surface area contributed by atoms with Crippen LogP contribution in [0.1, 0.15) is 71.1 Å². The van der Waals surface area contributed by atoms with Crippen molar-refractivity contribution in [2.45, 2.75) is 71.1 Å². The van der Waals surface area contributed by atoms with Crippen molar-refractivity contribution in [1.29, 1.82) is 0 Å². The fourth-order valence-corrected chi connectivity index (χ4v) is 1.90. The molecule has 0 fully saturated rings. The van der Waals surface area contributed by atoms with E-state index in [0.717, 1.165) is 12.8 Å². The van der Waals surface area contributed by atoms with Gasteiger partial charge in [-0.05, 0) is 6.42 Å². The highest BCUT2D eigenvalue weighted by Gasteiger charge is 2.02. The van der Waals surface area contributed by atoms with E-state index in [1.54, 1.807) is 0 Å². The standard InChI is InChI=1S/C15H28O4/c1-2-3-4-5-6-7-8-9-10-11-15(17)19-13-12-18-14-16/h14H,2-13H2,1H3. The van der Waals surface area contributed by atoms with Crippen molar-refractivity contribution in [3.8, 4) is 0 Å². The average molecular weight is 272 g/mol. The number of ether oxygens (including phenoxy) is 2. The summed E-state index contributed by atoms with van der Waals surface area (Å²) in [5.41, 5.74) is 0. The Bertz CT molecular complexity index is 216. The molecule has 112 valence electrons. The highest BCUT2D eigenvalue weighted by molar-refractivity contribution is 5.69. The number of unbranched alkanes of at least 4 members (excludes halogenated alkanes) is 8. The van der Waals surface area contributed by atoms with Gasteiger partial charge in [0, 0.05) is 6.42 Å². The first kappa shape index (κ1) is 17.9. The fraction of sp³-hybridized carbons (Fsp3) is 0.867. The second-order valence-electron chi connectivity index (χ2n) is 4.77. The molecule has 19 heavy (non-hydrogen) atoms. The predicted molar refractivity (Wildman–Crippen MR) is 74.8 cm³/mol. The third-order valence-corrected chi connectivity index (χ3v) is 3.02. The molecule has 0 amide bonds. The molecule has 4 heteroatoms. The van der Waals surface area contributed by atoms with Crippen molar-refractivity contribution < 1.29 is 19.1 Å². The summed E-state index contributed by atoms with van der Waals surface area (Å²) in [5.74, 6) is -0.197. The molecular formula is C15H28O4. The molecule has 0 aliphatic carbocycles. The number of hydrogen-bond acceptors (Lipinski definition) is 4. The lowest BCUT2D eigenvalue weighted by atomic mass is 10.1. The van der Waals surface area contributed by atoms with Crippen molar-refractivity contribution in [1.82, 2.24) is 0 Å². The molecule has 0 N–H and O–H groups in total. The molecule has 0 radical (unpaired) electrons. The van der Waals surface area contributed by atoms with Gasteiger partial charge in [0.25, 0.3) is 6.47 Å². The molecule has 0 heterocycles. The van der Waals surface area contributed by atoms with E-state index in [2.05, 4.69) is 11.7 Å². The van der Waals surface area contributed by atoms with Crippen LogP contribution in [0.15, 0.2) is 0 Å². The van der Waals surface area contributed by atoms with E-state index in [9.17, 15) is 9.59 Å². The van der Waals surface area contributed by atoms with Crippen LogP contribution < -0.4 is 0 Å². The van der Waals surface area contributed by atoms with Crippen molar-refractivity contribution in [3.63, 3.8) is 0 Å². The topological polar surface area (TPSA) is 52.6 Å². The van der Waals surface area contributed by atoms with Crippen molar-refractivity contribution in [2.24, 2.45) is 0 Å². The van der Waals surface area contributed by atoms with Gasteiger partial charge in [0.15, 0.2) is 0 Å². The van der Waals surface area contributed by atoms with Gasteiger partial charge in [0.1, 0.15) is 13.2 Å². The summed E-state index contributed by atoms with van der Waals surface area (Å²) in [6.45, 7) is 2.89. The smallest absolute Gasteiger partial charge is 0.305 e. The number of hydrogen-bond donors (Lipinski definition) is 0. The molecule has 0 atom stereocenters. The van der Waals surface area contributed by atoms with Crippen LogP contribution in [0.5, 0.6) is 0 Å². The van der Waals surface area contributed by atoms with Crippen LogP contribution in [0.25, 0.3) is 0 Å². The third-order valence-electron chi connectivity index (χ3n) is 3.02. The van der Waals surface area contributed by atoms with Crippen LogP contribution >= 0.6 is 0 Å². The Morgan fingerprint density at radius 3 is 2.05 bits per heavy atom. The van der Waals surface area contributed by atoms with Gasteiger partial charge in [-0.1, -0.05) is 58.3 Å². The molecule has 0 aliphatic heterocycles. The summed E-state index contributed by atoms with van der Waals surface area (Å²) < 4.78 is 9.32. The molecule has 0 saturated carbocycles. The summed E-state index contributed by atoms with van der Waals surface area (Å²) >= 11 is 0. The lowest BCUT2D eigenvalue weighted by molar-refractivity contribution is -0.147. The third kappa shape index (κ3) is 14.9. The summed E-state index contributed by atoms with van der Waals surface area (Å²) in [5, 5.41) is 0. The van der Waals surface area contributed by atoms with Crippen LogP contribution in [0.3, 0.4) is 0 Å². The Kier molecular flexibility index (Phi) is 14.2. The largest absolute Gasteiger partial charge is 0.464 e. The van der Waals surface area contributed by atoms with Crippen LogP contribution in [-0.2, 0) is 19.1 Å². The first-order chi connectivity index (χ1) is 9.31. The molecule has 0 aromatic rings. The minimum atomic E-state index is -0.197. The van der Waals surface area contributed by atoms with Gasteiger partial charge < -0.3 is 9.47 Å². The number of esters is 1. The van der Waals surface area contributed by atoms with Gasteiger partial charge in [-0.25, -0.2) is 0 Å². The molecule has 0 unspecified atom stereocenters. The Morgan fingerprint density at radius 1 is 0.895 bits per heavy atom. The van der Waals surface area contributed by atoms with E-state index in [0.29, 0.717) is 12.9 Å². The Labute approximate surface area is 116 Å². The first-order valence-corrected chi connectivity index (χ1v) is 7.52. The van der Waals surface area contributed by atoms with Gasteiger partial charge >= 0.3 is 5.97 Å². The molecule has 0 aromatic carbocycles. The Hall–Kier alpha value is -1.06. The maximum Gasteiger partial charge on any atom is 0.305 e. The van der Waals surface area contributed by atoms with Gasteiger partial charge in [-0.15, -0.1) is 0 Å². The van der Waals surface area contributed by atoms with E-state index >= 15 is 0 Å². The van der Waals surface area contributed by atoms with E-state index in [-0.39, 0.29) is 19.2 Å². The van der Waals surface area contributed by atoms with Crippen LogP contribution in [-0.4, -0.2) is 25.7 Å². The summed E-state index contributed by atoms with van der Waals surface area (Å²) in [4.78, 5) is 21.1. The summed E-state index contributed by atoms with van der Waals surface area (Å²) in [6, 6.07) is 0. The average Bonchev–Trinajstić information content (AvgIpc) is 2.42. The van der Waals surface area contributed by atoms with Gasteiger partial charge in [-0.2, -0.15) is 0 Å². The molecular weight excluding hydrogens is 244 g/mol. The summed E-state index contributed by atoms with van der Waals surface area (Å²) in [7, 11) is 0. The molecule has 0 spiro atoms. The van der Waals surface area contributed by atoms with E-state index < -0.39 is 0 Å². The minimum Gasteiger partial charge on any atom is -0.464 e. The molecule has 0 aromatic heterocycles. The zero-order valence-electron chi connectivity index (χ0n) is 12.2. The zero-order valence-corrected chi connectivity index (χ0v) is 12.2. The quantitative estimate of drug-likeness (QED) is 0.275. The van der Waals surface area contributed by atoms with E-state index in [1.807, 2.05) is 0 Å². The number of carbonyl (C=O) groups excluding carboxylic acids is 2. The highest BCUT2D eigenvalue weighted by atomic mass is 16.6. The van der Waals surface area contributed by atoms with Crippen molar-refractivity contribution in [2.75, 3.05) is 13.2 Å². The molecule has 0 rings (SSSR count). The molecule has 0 bridgehead atoms. The highest BCUT2D eigenvalue weighted by Crippen LogP contribution is 2.10. The van der Waals surface area contributed by atoms with E-state index in [4.69, 9.17) is 4.74 Å². The second kappa shape index (κ2) is 15.0. The van der Waals surface area contributed by atoms with Gasteiger partial charge in [0.05, 0.1) is 0 Å². The molecule has 4 nitrogen and oxygen atoms in total. The minimum absolute atomic E-state index is 0.146. The van der Waals surface area contributed by atoms with E-state index in [1.165, 1.54) is 44.9 Å². The molecule has 0 aliphatic rings. The van der Waals surface area contributed by atoms with Gasteiger partial charge in [-0.3, -0.25) is 9.59 Å². The number of carbonyl (C=O) groups is 2. The Morgan fingerprint density at radius 2 is 1.47 bits per heavy atom. The Balaban J connectivity index is 3.12. The maximum atomic E-state index is 11.2. The normalized spacial score (nSPS) is 10.2. The van der Waals surface area contributed by atoms with Crippen molar-refractivity contribution >= 4 is 12.4 Å². The molecule has 0 saturated heterocycles. The van der Waals surface area contributed by atoms with Crippen LogP contribution in [0.4, 0.5) is 0 Å². The maximum absolute atomic E-state index is 11.2. The lowest BCUT2D eigenvalue weighted by Crippen LogP contribution is -2.09. The lowest BCUT2D eigenvalue weighted by Gasteiger charge is -2.04. The SMILES string of the molecule is CCCCCCCCCCCC(=O)OCCOC=O. The van der Waals surface area contributed by atoms with Crippen LogP contribution in [0.2, 0.25) is 0 Å². The second-order valence-corrected chi connectivity index (χ2v) is 4.77. The summed E-state index contributed by atoms with van der Waals surface area (Å²) in [6.07, 6.45) is 11.6. The first-order valence-electron chi connectivity index (χ1n) is 7.52. The predicted octanol–water partition coefficient (Wildman–Crippen LogP) is 3.62. The van der Waals surface area contributed by atoms with Gasteiger partial charge in [0.2, 0.25) is 0 Å². The number of rotatable bonds is 14. The zero-order chi connectivity index (χ0) is 14.2. The fourth-order valence-electron chi connectivity index (χ4n) is 1.90.